The van der Waals surface area contributed by atoms with Crippen LogP contribution in [0.1, 0.15) is 31.5 Å². The minimum Gasteiger partial charge on any atom is -0.319 e. The summed E-state index contributed by atoms with van der Waals surface area (Å²) in [5.74, 6) is 1.84. The van der Waals surface area contributed by atoms with Crippen molar-refractivity contribution in [3.05, 3.63) is 24.3 Å². The van der Waals surface area contributed by atoms with E-state index in [1.807, 2.05) is 23.2 Å². The molecular weight excluding hydrogens is 218 g/mol. The van der Waals surface area contributed by atoms with E-state index in [0.29, 0.717) is 6.54 Å². The molecule has 0 spiro atoms. The van der Waals surface area contributed by atoms with Crippen LogP contribution in [-0.4, -0.2) is 29.5 Å². The van der Waals surface area contributed by atoms with Crippen molar-refractivity contribution in [3.63, 3.8) is 0 Å². The smallest absolute Gasteiger partial charge is 0.149 e. The normalized spacial score (nSPS) is 12.9. The number of nitrogens with zero attached hydrogens (tertiary/aromatic N) is 6. The summed E-state index contributed by atoms with van der Waals surface area (Å²) in [6, 6.07) is 0.129. The molecule has 17 heavy (non-hydrogen) atoms. The third-order valence-electron chi connectivity index (χ3n) is 2.70. The van der Waals surface area contributed by atoms with E-state index in [9.17, 15) is 0 Å². The first kappa shape index (κ1) is 11.7. The zero-order valence-electron chi connectivity index (χ0n) is 10.3. The van der Waals surface area contributed by atoms with Crippen LogP contribution >= 0.6 is 0 Å². The van der Waals surface area contributed by atoms with Gasteiger partial charge in [-0.2, -0.15) is 5.10 Å². The number of hydrogen-bond donors (Lipinski definition) is 1. The molecule has 7 nitrogen and oxygen atoms in total. The third kappa shape index (κ3) is 2.50. The summed E-state index contributed by atoms with van der Waals surface area (Å²) in [4.78, 5) is 4.21. The van der Waals surface area contributed by atoms with Crippen LogP contribution in [0.2, 0.25) is 0 Å². The van der Waals surface area contributed by atoms with Crippen LogP contribution in [0.3, 0.4) is 0 Å². The van der Waals surface area contributed by atoms with Crippen LogP contribution in [0, 0.1) is 0 Å². The molecule has 0 aliphatic carbocycles. The Labute approximate surface area is 99.9 Å². The molecule has 1 atom stereocenters. The zero-order valence-corrected chi connectivity index (χ0v) is 10.3. The molecule has 0 amide bonds. The van der Waals surface area contributed by atoms with E-state index in [1.54, 1.807) is 12.7 Å². The highest BCUT2D eigenvalue weighted by molar-refractivity contribution is 4.93. The fraction of sp³-hybridized carbons (Fsp3) is 0.600. The van der Waals surface area contributed by atoms with Crippen LogP contribution in [0.15, 0.2) is 12.7 Å². The fourth-order valence-corrected chi connectivity index (χ4v) is 1.71. The quantitative estimate of drug-likeness (QED) is 0.805. The number of aryl methyl sites for hydroxylation is 2. The molecule has 2 rings (SSSR count). The van der Waals surface area contributed by atoms with Crippen molar-refractivity contribution in [1.82, 2.24) is 34.8 Å². The molecular formula is C10H17N7. The second kappa shape index (κ2) is 5.05. The first-order valence-electron chi connectivity index (χ1n) is 5.66. The van der Waals surface area contributed by atoms with Gasteiger partial charge in [-0.3, -0.25) is 0 Å². The highest BCUT2D eigenvalue weighted by atomic mass is 15.3. The van der Waals surface area contributed by atoms with Gasteiger partial charge in [-0.1, -0.05) is 0 Å². The van der Waals surface area contributed by atoms with Crippen molar-refractivity contribution >= 4 is 0 Å². The van der Waals surface area contributed by atoms with Gasteiger partial charge in [0.05, 0.1) is 12.6 Å². The van der Waals surface area contributed by atoms with Gasteiger partial charge in [-0.25, -0.2) is 9.67 Å². The van der Waals surface area contributed by atoms with Crippen molar-refractivity contribution in [1.29, 1.82) is 0 Å². The average Bonchev–Trinajstić information content (AvgIpc) is 2.94. The molecule has 1 unspecified atom stereocenters. The summed E-state index contributed by atoms with van der Waals surface area (Å²) >= 11 is 0. The monoisotopic (exact) mass is 235 g/mol. The molecule has 0 aliphatic heterocycles. The van der Waals surface area contributed by atoms with Gasteiger partial charge in [-0.15, -0.1) is 10.2 Å². The maximum atomic E-state index is 4.21. The molecule has 0 radical (unpaired) electrons. The zero-order chi connectivity index (χ0) is 12.3. The lowest BCUT2D eigenvalue weighted by atomic mass is 10.3. The fourth-order valence-electron chi connectivity index (χ4n) is 1.71. The van der Waals surface area contributed by atoms with Gasteiger partial charge in [0, 0.05) is 13.6 Å². The molecule has 1 N–H and O–H groups in total. The number of aromatic nitrogens is 6. The summed E-state index contributed by atoms with van der Waals surface area (Å²) < 4.78 is 3.78. The highest BCUT2D eigenvalue weighted by Gasteiger charge is 2.11. The van der Waals surface area contributed by atoms with E-state index in [-0.39, 0.29) is 6.04 Å². The summed E-state index contributed by atoms with van der Waals surface area (Å²) in [6.07, 6.45) is 3.27. The van der Waals surface area contributed by atoms with Crippen LogP contribution in [0.5, 0.6) is 0 Å². The maximum Gasteiger partial charge on any atom is 0.149 e. The van der Waals surface area contributed by atoms with E-state index in [2.05, 4.69) is 32.5 Å². The van der Waals surface area contributed by atoms with Gasteiger partial charge >= 0.3 is 0 Å². The van der Waals surface area contributed by atoms with Gasteiger partial charge in [0.25, 0.3) is 0 Å². The number of rotatable bonds is 5. The van der Waals surface area contributed by atoms with E-state index in [1.165, 1.54) is 0 Å². The van der Waals surface area contributed by atoms with E-state index in [4.69, 9.17) is 0 Å². The lowest BCUT2D eigenvalue weighted by Crippen LogP contribution is -2.23. The largest absolute Gasteiger partial charge is 0.319 e. The number of nitrogens with one attached hydrogen (secondary N) is 1. The third-order valence-corrected chi connectivity index (χ3v) is 2.70. The minimum absolute atomic E-state index is 0.129. The highest BCUT2D eigenvalue weighted by Crippen LogP contribution is 2.07. The summed E-state index contributed by atoms with van der Waals surface area (Å²) in [7, 11) is 1.93. The summed E-state index contributed by atoms with van der Waals surface area (Å²) in [5, 5.41) is 15.4. The predicted octanol–water partition coefficient (Wildman–Crippen LogP) is 0.277. The summed E-state index contributed by atoms with van der Waals surface area (Å²) in [5.41, 5.74) is 0. The Morgan fingerprint density at radius 2 is 2.29 bits per heavy atom. The first-order valence-corrected chi connectivity index (χ1v) is 5.66. The van der Waals surface area contributed by atoms with Crippen LogP contribution in [-0.2, 0) is 20.1 Å². The van der Waals surface area contributed by atoms with Crippen LogP contribution in [0.4, 0.5) is 0 Å². The molecule has 0 bridgehead atoms. The van der Waals surface area contributed by atoms with Gasteiger partial charge in [0.2, 0.25) is 0 Å². The van der Waals surface area contributed by atoms with Crippen molar-refractivity contribution < 1.29 is 0 Å². The predicted molar refractivity (Wildman–Crippen MR) is 62.0 cm³/mol. The Balaban J connectivity index is 1.97. The van der Waals surface area contributed by atoms with Crippen molar-refractivity contribution in [2.24, 2.45) is 7.05 Å². The number of hydrogen-bond acceptors (Lipinski definition) is 5. The standard InChI is InChI=1S/C10H17N7/c1-4-17-9(12-6-14-17)5-11-8(2)10-15-13-7-16(10)3/h6-8,11H,4-5H2,1-3H3. The van der Waals surface area contributed by atoms with Gasteiger partial charge in [0.15, 0.2) is 0 Å². The second-order valence-electron chi connectivity index (χ2n) is 3.89. The van der Waals surface area contributed by atoms with E-state index < -0.39 is 0 Å². The molecule has 2 heterocycles. The van der Waals surface area contributed by atoms with Crippen LogP contribution < -0.4 is 5.32 Å². The minimum atomic E-state index is 0.129. The van der Waals surface area contributed by atoms with E-state index in [0.717, 1.165) is 18.2 Å². The Hall–Kier alpha value is -1.76. The van der Waals surface area contributed by atoms with Crippen molar-refractivity contribution in [2.75, 3.05) is 0 Å². The Morgan fingerprint density at radius 1 is 1.47 bits per heavy atom. The molecule has 7 heteroatoms. The Morgan fingerprint density at radius 3 is 2.94 bits per heavy atom. The summed E-state index contributed by atoms with van der Waals surface area (Å²) in [6.45, 7) is 5.60. The first-order chi connectivity index (χ1) is 8.22. The molecule has 0 saturated carbocycles. The Bertz CT molecular complexity index is 472. The molecule has 92 valence electrons. The molecule has 0 aliphatic rings. The molecule has 0 aromatic carbocycles. The second-order valence-corrected chi connectivity index (χ2v) is 3.89. The molecule has 2 aromatic heterocycles. The average molecular weight is 235 g/mol. The lowest BCUT2D eigenvalue weighted by Gasteiger charge is -2.12. The Kier molecular flexibility index (Phi) is 3.48. The lowest BCUT2D eigenvalue weighted by molar-refractivity contribution is 0.496. The van der Waals surface area contributed by atoms with Crippen molar-refractivity contribution in [3.8, 4) is 0 Å². The topological polar surface area (TPSA) is 73.5 Å². The van der Waals surface area contributed by atoms with Gasteiger partial charge < -0.3 is 9.88 Å². The maximum absolute atomic E-state index is 4.21. The molecule has 2 aromatic rings. The van der Waals surface area contributed by atoms with Crippen LogP contribution in [0.25, 0.3) is 0 Å². The van der Waals surface area contributed by atoms with Gasteiger partial charge in [-0.05, 0) is 13.8 Å². The SMILES string of the molecule is CCn1ncnc1CNC(C)c1nncn1C. The molecule has 0 fully saturated rings. The molecule has 0 saturated heterocycles. The van der Waals surface area contributed by atoms with Gasteiger partial charge in [0.1, 0.15) is 24.3 Å². The van der Waals surface area contributed by atoms with E-state index >= 15 is 0 Å². The van der Waals surface area contributed by atoms with Crippen molar-refractivity contribution in [2.45, 2.75) is 33.0 Å².